The van der Waals surface area contributed by atoms with E-state index in [1.54, 1.807) is 6.20 Å². The summed E-state index contributed by atoms with van der Waals surface area (Å²) in [6.07, 6.45) is 1.66. The van der Waals surface area contributed by atoms with Gasteiger partial charge in [-0.1, -0.05) is 32.0 Å². The average Bonchev–Trinajstić information content (AvgIpc) is 3.04. The molecule has 1 fully saturated rings. The summed E-state index contributed by atoms with van der Waals surface area (Å²) < 4.78 is 11.2. The van der Waals surface area contributed by atoms with Gasteiger partial charge in [0.05, 0.1) is 37.6 Å². The van der Waals surface area contributed by atoms with Gasteiger partial charge in [-0.25, -0.2) is 0 Å². The highest BCUT2D eigenvalue weighted by molar-refractivity contribution is 6.35. The number of pyridine rings is 1. The predicted octanol–water partition coefficient (Wildman–Crippen LogP) is 2.73. The molecule has 1 aromatic carbocycles. The molecule has 2 aromatic rings. The quantitative estimate of drug-likeness (QED) is 0.640. The third-order valence-corrected chi connectivity index (χ3v) is 5.24. The number of imide groups is 1. The number of aromatic nitrogens is 1. The van der Waals surface area contributed by atoms with E-state index in [4.69, 9.17) is 9.47 Å². The van der Waals surface area contributed by atoms with Crippen LogP contribution in [0.2, 0.25) is 0 Å². The van der Waals surface area contributed by atoms with Crippen molar-refractivity contribution < 1.29 is 19.1 Å². The number of hydrogen-bond donors (Lipinski definition) is 0. The van der Waals surface area contributed by atoms with Gasteiger partial charge in [0.25, 0.3) is 11.8 Å². The predicted molar refractivity (Wildman–Crippen MR) is 116 cm³/mol. The van der Waals surface area contributed by atoms with Gasteiger partial charge >= 0.3 is 0 Å². The molecule has 0 unspecified atom stereocenters. The molecule has 0 spiro atoms. The number of ether oxygens (including phenoxy) is 2. The molecule has 7 heteroatoms. The van der Waals surface area contributed by atoms with Crippen molar-refractivity contribution in [3.8, 4) is 5.75 Å². The van der Waals surface area contributed by atoms with Crippen molar-refractivity contribution in [1.29, 1.82) is 0 Å². The molecule has 1 aromatic heterocycles. The van der Waals surface area contributed by atoms with E-state index in [1.165, 1.54) is 4.90 Å². The first-order valence-corrected chi connectivity index (χ1v) is 10.6. The van der Waals surface area contributed by atoms with Gasteiger partial charge in [0.15, 0.2) is 0 Å². The van der Waals surface area contributed by atoms with Crippen molar-refractivity contribution in [3.05, 3.63) is 65.6 Å². The van der Waals surface area contributed by atoms with E-state index in [0.717, 1.165) is 5.75 Å². The number of benzene rings is 1. The number of hydrogen-bond acceptors (Lipinski definition) is 6. The summed E-state index contributed by atoms with van der Waals surface area (Å²) in [4.78, 5) is 34.3. The van der Waals surface area contributed by atoms with Crippen LogP contribution in [-0.2, 0) is 20.9 Å². The van der Waals surface area contributed by atoms with E-state index >= 15 is 0 Å². The second-order valence-corrected chi connectivity index (χ2v) is 8.07. The summed E-state index contributed by atoms with van der Waals surface area (Å²) in [5.41, 5.74) is 2.25. The summed E-state index contributed by atoms with van der Waals surface area (Å²) in [7, 11) is 0. The molecule has 2 aliphatic rings. The lowest BCUT2D eigenvalue weighted by Crippen LogP contribution is -2.40. The van der Waals surface area contributed by atoms with Gasteiger partial charge in [0, 0.05) is 19.3 Å². The van der Waals surface area contributed by atoms with Crippen molar-refractivity contribution in [2.45, 2.75) is 20.4 Å². The van der Waals surface area contributed by atoms with Crippen LogP contribution >= 0.6 is 0 Å². The molecule has 0 radical (unpaired) electrons. The Kier molecular flexibility index (Phi) is 6.32. The van der Waals surface area contributed by atoms with Gasteiger partial charge in [-0.15, -0.1) is 0 Å². The van der Waals surface area contributed by atoms with Crippen LogP contribution in [0.5, 0.6) is 5.75 Å². The molecule has 0 bridgehead atoms. The second-order valence-electron chi connectivity index (χ2n) is 8.07. The van der Waals surface area contributed by atoms with E-state index < -0.39 is 0 Å². The molecule has 162 valence electrons. The Morgan fingerprint density at radius 3 is 2.42 bits per heavy atom. The largest absolute Gasteiger partial charge is 0.493 e. The monoisotopic (exact) mass is 421 g/mol. The van der Waals surface area contributed by atoms with Gasteiger partial charge in [-0.2, -0.15) is 0 Å². The first kappa shape index (κ1) is 21.1. The van der Waals surface area contributed by atoms with Crippen molar-refractivity contribution in [3.63, 3.8) is 0 Å². The number of morpholine rings is 1. The Hall–Kier alpha value is -3.19. The maximum Gasteiger partial charge on any atom is 0.278 e. The van der Waals surface area contributed by atoms with Crippen LogP contribution in [0.3, 0.4) is 0 Å². The Morgan fingerprint density at radius 1 is 1.03 bits per heavy atom. The van der Waals surface area contributed by atoms with Gasteiger partial charge in [0.1, 0.15) is 11.4 Å². The SMILES string of the molecule is CC(C)COc1ccc(C2=C(N3CCOCC3)C(=O)N(Cc3ccccn3)C2=O)cc1. The second kappa shape index (κ2) is 9.31. The number of carbonyl (C=O) groups excluding carboxylic acids is 2. The van der Waals surface area contributed by atoms with Crippen molar-refractivity contribution >= 4 is 17.4 Å². The minimum atomic E-state index is -0.298. The summed E-state index contributed by atoms with van der Waals surface area (Å²) in [6.45, 7) is 7.15. The van der Waals surface area contributed by atoms with Crippen LogP contribution in [0.15, 0.2) is 54.4 Å². The Morgan fingerprint density at radius 2 is 1.77 bits per heavy atom. The lowest BCUT2D eigenvalue weighted by atomic mass is 10.0. The Bertz CT molecular complexity index is 964. The van der Waals surface area contributed by atoms with Crippen LogP contribution in [0.25, 0.3) is 5.57 Å². The zero-order chi connectivity index (χ0) is 21.8. The molecule has 2 amide bonds. The maximum absolute atomic E-state index is 13.4. The standard InChI is InChI=1S/C24H27N3O4/c1-17(2)16-31-20-8-6-18(7-9-20)21-22(26-11-13-30-14-12-26)24(29)27(23(21)28)15-19-5-3-4-10-25-19/h3-10,17H,11-16H2,1-2H3. The van der Waals surface area contributed by atoms with E-state index in [2.05, 4.69) is 18.8 Å². The van der Waals surface area contributed by atoms with Crippen LogP contribution in [0, 0.1) is 5.92 Å². The summed E-state index contributed by atoms with van der Waals surface area (Å²) in [5.74, 6) is 0.582. The number of amides is 2. The normalized spacial score (nSPS) is 17.1. The van der Waals surface area contributed by atoms with Gasteiger partial charge in [0.2, 0.25) is 0 Å². The minimum Gasteiger partial charge on any atom is -0.493 e. The molecule has 4 rings (SSSR count). The first-order chi connectivity index (χ1) is 15.0. The molecule has 0 aliphatic carbocycles. The zero-order valence-electron chi connectivity index (χ0n) is 17.9. The highest BCUT2D eigenvalue weighted by Crippen LogP contribution is 2.33. The fourth-order valence-corrected chi connectivity index (χ4v) is 3.68. The smallest absolute Gasteiger partial charge is 0.278 e. The number of nitrogens with zero attached hydrogens (tertiary/aromatic N) is 3. The van der Waals surface area contributed by atoms with Gasteiger partial charge in [-0.05, 0) is 35.7 Å². The number of carbonyl (C=O) groups is 2. The van der Waals surface area contributed by atoms with Crippen LogP contribution in [-0.4, -0.2) is 59.5 Å². The van der Waals surface area contributed by atoms with E-state index in [-0.39, 0.29) is 18.4 Å². The fraction of sp³-hybridized carbons (Fsp3) is 0.375. The summed E-state index contributed by atoms with van der Waals surface area (Å²) >= 11 is 0. The molecular weight excluding hydrogens is 394 g/mol. The molecule has 3 heterocycles. The molecular formula is C24H27N3O4. The lowest BCUT2D eigenvalue weighted by Gasteiger charge is -2.29. The first-order valence-electron chi connectivity index (χ1n) is 10.6. The van der Waals surface area contributed by atoms with Crippen molar-refractivity contribution in [2.24, 2.45) is 5.92 Å². The maximum atomic E-state index is 13.4. The fourth-order valence-electron chi connectivity index (χ4n) is 3.68. The van der Waals surface area contributed by atoms with Crippen LogP contribution < -0.4 is 4.74 Å². The topological polar surface area (TPSA) is 72.0 Å². The highest BCUT2D eigenvalue weighted by Gasteiger charge is 2.42. The molecule has 31 heavy (non-hydrogen) atoms. The van der Waals surface area contributed by atoms with Gasteiger partial charge in [-0.3, -0.25) is 19.5 Å². The zero-order valence-corrected chi connectivity index (χ0v) is 17.9. The van der Waals surface area contributed by atoms with E-state index in [1.807, 2.05) is 47.4 Å². The molecule has 7 nitrogen and oxygen atoms in total. The van der Waals surface area contributed by atoms with E-state index in [9.17, 15) is 9.59 Å². The lowest BCUT2D eigenvalue weighted by molar-refractivity contribution is -0.138. The molecule has 0 N–H and O–H groups in total. The van der Waals surface area contributed by atoms with Gasteiger partial charge < -0.3 is 14.4 Å². The minimum absolute atomic E-state index is 0.144. The average molecular weight is 421 g/mol. The van der Waals surface area contributed by atoms with Crippen molar-refractivity contribution in [1.82, 2.24) is 14.8 Å². The van der Waals surface area contributed by atoms with Crippen molar-refractivity contribution in [2.75, 3.05) is 32.9 Å². The van der Waals surface area contributed by atoms with E-state index in [0.29, 0.717) is 61.4 Å². The summed E-state index contributed by atoms with van der Waals surface area (Å²) in [5, 5.41) is 0. The van der Waals surface area contributed by atoms with Crippen LogP contribution in [0.4, 0.5) is 0 Å². The molecule has 0 saturated carbocycles. The number of rotatable bonds is 7. The van der Waals surface area contributed by atoms with Crippen LogP contribution in [0.1, 0.15) is 25.1 Å². The summed E-state index contributed by atoms with van der Waals surface area (Å²) in [6, 6.07) is 12.9. The third kappa shape index (κ3) is 4.61. The molecule has 2 aliphatic heterocycles. The Labute approximate surface area is 182 Å². The molecule has 0 atom stereocenters. The highest BCUT2D eigenvalue weighted by atomic mass is 16.5. The molecule has 1 saturated heterocycles. The Balaban J connectivity index is 1.65. The third-order valence-electron chi connectivity index (χ3n) is 5.24.